The van der Waals surface area contributed by atoms with Crippen molar-refractivity contribution in [1.29, 1.82) is 0 Å². The van der Waals surface area contributed by atoms with Gasteiger partial charge in [0, 0.05) is 0 Å². The molecule has 20 aliphatic rings. The molecule has 0 nitrogen and oxygen atoms in total. The third-order valence-electron chi connectivity index (χ3n) is 30.5. The molecule has 0 amide bonds. The SMILES string of the molecule is C([C]12[CH]3[CH]4[CH]5[CH]1[Fe]45321678[CH]2[CH]1[CH]6[CH]7[CH]28)[C]12[CH]3[CH]4[CH]5[CH]1[Fe]45321678[CH]2[CH]1[CH]6[CH]7[CH]28. The van der Waals surface area contributed by atoms with Gasteiger partial charge < -0.3 is 0 Å². The molecule has 20 saturated heterocycles. The summed E-state index contributed by atoms with van der Waals surface area (Å²) in [6.45, 7) is -5.48. The van der Waals surface area contributed by atoms with Gasteiger partial charge in [0.1, 0.15) is 0 Å². The molecule has 0 saturated carbocycles. The molecular weight excluding hydrogens is 364 g/mol. The van der Waals surface area contributed by atoms with E-state index >= 15 is 0 Å². The van der Waals surface area contributed by atoms with Crippen LogP contribution in [0, 0.1) is 0 Å². The first-order valence-electron chi connectivity index (χ1n) is 11.2. The molecule has 120 valence electrons. The Bertz CT molecular complexity index is 1670. The van der Waals surface area contributed by atoms with Crippen molar-refractivity contribution in [3.8, 4) is 0 Å². The van der Waals surface area contributed by atoms with E-state index in [4.69, 9.17) is 0 Å². The molecule has 23 heavy (non-hydrogen) atoms. The maximum absolute atomic E-state index is 2.74. The van der Waals surface area contributed by atoms with Gasteiger partial charge in [-0.3, -0.25) is 0 Å². The second-order valence-electron chi connectivity index (χ2n) is 19.8. The van der Waals surface area contributed by atoms with Crippen LogP contribution in [0.15, 0.2) is 0 Å². The molecule has 2 spiro atoms. The molecule has 0 N–H and O–H groups in total. The molecule has 20 fully saturated rings. The molecule has 8 atom stereocenters. The van der Waals surface area contributed by atoms with Crippen LogP contribution in [0.1, 0.15) is 6.42 Å². The zero-order valence-corrected chi connectivity index (χ0v) is 15.0. The summed E-state index contributed by atoms with van der Waals surface area (Å²) in [7, 11) is 0. The first kappa shape index (κ1) is 6.89. The van der Waals surface area contributed by atoms with E-state index in [9.17, 15) is 0 Å². The Balaban J connectivity index is 1.19. The van der Waals surface area contributed by atoms with Gasteiger partial charge in [0.05, 0.1) is 0 Å². The van der Waals surface area contributed by atoms with Crippen LogP contribution in [0.2, 0.25) is 95.3 Å². The topological polar surface area (TPSA) is 0 Å². The fourth-order valence-corrected chi connectivity index (χ4v) is 185. The van der Waals surface area contributed by atoms with Crippen molar-refractivity contribution in [2.45, 2.75) is 102 Å². The van der Waals surface area contributed by atoms with E-state index in [0.717, 1.165) is 0 Å². The van der Waals surface area contributed by atoms with E-state index in [0.29, 0.717) is 0 Å². The quantitative estimate of drug-likeness (QED) is 0.455. The predicted molar refractivity (Wildman–Crippen MR) is 77.5 cm³/mol. The Morgan fingerprint density at radius 2 is 0.652 bits per heavy atom. The fourth-order valence-electron chi connectivity index (χ4n) is 34.7. The van der Waals surface area contributed by atoms with E-state index in [1.54, 1.807) is 86.7 Å². The number of fused-ring (bicyclic) bond motifs is 20. The van der Waals surface area contributed by atoms with E-state index in [-0.39, 0.29) is 0 Å². The van der Waals surface area contributed by atoms with Crippen molar-refractivity contribution in [2.75, 3.05) is 0 Å². The van der Waals surface area contributed by atoms with Crippen molar-refractivity contribution in [3.63, 3.8) is 0 Å². The van der Waals surface area contributed by atoms with E-state index in [2.05, 4.69) is 6.42 Å². The molecular formula is C21H20Fe2. The second-order valence-corrected chi connectivity index (χ2v) is 67.2. The molecule has 20 aliphatic heterocycles. The van der Waals surface area contributed by atoms with Gasteiger partial charge in [0.2, 0.25) is 0 Å². The number of rotatable bonds is 2. The summed E-state index contributed by atoms with van der Waals surface area (Å²) in [6, 6.07) is 0. The molecule has 2 heteroatoms. The minimum atomic E-state index is -2.74. The molecule has 20 heterocycles. The Hall–Kier alpha value is 1.04. The standard InChI is InChI=1S/C11H10.2C5H5.2Fe/c1-2-6-10(5-1)9-11-7-3-4-8-11;2*1-2-4-5-3-1;;/h1-8H,9H2;2*1-5H;;. The van der Waals surface area contributed by atoms with Gasteiger partial charge in [-0.25, -0.2) is 0 Å². The van der Waals surface area contributed by atoms with Crippen molar-refractivity contribution in [2.24, 2.45) is 0 Å². The fraction of sp³-hybridized carbons (Fsp3) is 1.00. The second kappa shape index (κ2) is 0.448. The van der Waals surface area contributed by atoms with Crippen LogP contribution in [0.4, 0.5) is 0 Å². The molecule has 20 rings (SSSR count). The van der Waals surface area contributed by atoms with Crippen LogP contribution < -0.4 is 0 Å². The molecule has 0 aliphatic carbocycles. The van der Waals surface area contributed by atoms with Gasteiger partial charge in [-0.05, 0) is 0 Å². The molecule has 8 unspecified atom stereocenters. The summed E-state index contributed by atoms with van der Waals surface area (Å²) in [6.07, 6.45) is 2.11. The van der Waals surface area contributed by atoms with Gasteiger partial charge in [0.15, 0.2) is 0 Å². The van der Waals surface area contributed by atoms with Crippen LogP contribution in [-0.4, -0.2) is 0 Å². The third kappa shape index (κ3) is 0.0544. The van der Waals surface area contributed by atoms with E-state index in [1.807, 2.05) is 0 Å². The number of hydrogen-bond acceptors (Lipinski definition) is 0. The summed E-state index contributed by atoms with van der Waals surface area (Å²) >= 11 is 0. The third-order valence-corrected chi connectivity index (χ3v) is 116. The van der Waals surface area contributed by atoms with Crippen molar-refractivity contribution in [3.05, 3.63) is 0 Å². The van der Waals surface area contributed by atoms with E-state index in [1.165, 1.54) is 8.63 Å². The van der Waals surface area contributed by atoms with Crippen molar-refractivity contribution in [1.82, 2.24) is 0 Å². The zero-order chi connectivity index (χ0) is 12.7. The van der Waals surface area contributed by atoms with Gasteiger partial charge in [0.25, 0.3) is 0 Å². The van der Waals surface area contributed by atoms with Crippen LogP contribution in [0.5, 0.6) is 0 Å². The zero-order valence-electron chi connectivity index (χ0n) is 12.8. The Morgan fingerprint density at radius 3 is 0.783 bits per heavy atom. The molecule has 0 radical (unpaired) electrons. The Labute approximate surface area is 114 Å². The average molecular weight is 384 g/mol. The van der Waals surface area contributed by atoms with Crippen LogP contribution in [-0.2, 0) is 13.0 Å². The first-order valence-corrected chi connectivity index (χ1v) is 23.8. The van der Waals surface area contributed by atoms with Gasteiger partial charge in [-0.2, -0.15) is 0 Å². The molecule has 0 aromatic carbocycles. The normalized spacial score (nSPS) is 171. The first-order chi connectivity index (χ1) is 10.8. The van der Waals surface area contributed by atoms with Gasteiger partial charge in [-0.1, -0.05) is 0 Å². The van der Waals surface area contributed by atoms with Crippen LogP contribution >= 0.6 is 0 Å². The summed E-state index contributed by atoms with van der Waals surface area (Å²) in [5.41, 5.74) is 0. The minimum absolute atomic E-state index is 1.34. The summed E-state index contributed by atoms with van der Waals surface area (Å²) in [4.78, 5) is 29.3. The Morgan fingerprint density at radius 1 is 0.391 bits per heavy atom. The van der Waals surface area contributed by atoms with Crippen molar-refractivity contribution < 1.29 is 13.0 Å². The predicted octanol–water partition coefficient (Wildman–Crippen LogP) is 6.90. The Kier molecular flexibility index (Phi) is 0.134. The molecule has 0 aromatic rings. The average Bonchev–Trinajstić information content (AvgIpc) is 3.44. The summed E-state index contributed by atoms with van der Waals surface area (Å²) < 4.78 is 2.69. The monoisotopic (exact) mass is 384 g/mol. The number of hydrogen-bond donors (Lipinski definition) is 0. The maximum atomic E-state index is 2.11. The van der Waals surface area contributed by atoms with Crippen molar-refractivity contribution >= 4 is 0 Å². The van der Waals surface area contributed by atoms with Gasteiger partial charge in [-0.15, -0.1) is 0 Å². The summed E-state index contributed by atoms with van der Waals surface area (Å²) in [5.74, 6) is 0. The van der Waals surface area contributed by atoms with Crippen LogP contribution in [0.25, 0.3) is 0 Å². The van der Waals surface area contributed by atoms with E-state index < -0.39 is 13.0 Å². The molecule has 0 bridgehead atoms. The van der Waals surface area contributed by atoms with Gasteiger partial charge >= 0.3 is 115 Å². The van der Waals surface area contributed by atoms with Crippen LogP contribution in [0.3, 0.4) is 0 Å². The molecule has 0 aromatic heterocycles. The summed E-state index contributed by atoms with van der Waals surface area (Å²) in [5, 5.41) is 0.